The fourth-order valence-corrected chi connectivity index (χ4v) is 0.292. The molecule has 1 aliphatic rings. The number of rotatable bonds is 0. The van der Waals surface area contributed by atoms with Crippen LogP contribution in [0, 0.1) is 0 Å². The molecular weight excluding hydrogens is 192 g/mol. The van der Waals surface area contributed by atoms with Crippen LogP contribution in [0.15, 0.2) is 26.3 Å². The van der Waals surface area contributed by atoms with Crippen molar-refractivity contribution in [2.24, 2.45) is 0 Å². The fourth-order valence-electron chi connectivity index (χ4n) is 0.292. The van der Waals surface area contributed by atoms with Crippen molar-refractivity contribution in [1.29, 1.82) is 0 Å². The first-order valence-corrected chi connectivity index (χ1v) is 3.34. The lowest BCUT2D eigenvalue weighted by molar-refractivity contribution is 0.131. The topological polar surface area (TPSA) is 93.1 Å². The fraction of sp³-hybridized carbons (Fsp3) is 0.250. The number of carbonyl (C=O) groups excluding carboxylic acids is 1. The summed E-state index contributed by atoms with van der Waals surface area (Å²) in [4.78, 5) is 18.4. The third kappa shape index (κ3) is 32.3. The van der Waals surface area contributed by atoms with Crippen molar-refractivity contribution in [2.75, 3.05) is 13.2 Å². The minimum Gasteiger partial charge on any atom is -0.450 e. The van der Waals surface area contributed by atoms with Gasteiger partial charge in [0.15, 0.2) is 0 Å². The zero-order valence-corrected chi connectivity index (χ0v) is 7.77. The molecule has 1 aliphatic heterocycles. The van der Waals surface area contributed by atoms with Gasteiger partial charge in [0, 0.05) is 0 Å². The van der Waals surface area contributed by atoms with E-state index in [9.17, 15) is 4.79 Å². The quantitative estimate of drug-likeness (QED) is 0.465. The highest BCUT2D eigenvalue weighted by atomic mass is 16.8. The van der Waals surface area contributed by atoms with E-state index in [1.165, 1.54) is 0 Å². The van der Waals surface area contributed by atoms with Crippen LogP contribution in [0.2, 0.25) is 0 Å². The molecule has 0 unspecified atom stereocenters. The van der Waals surface area contributed by atoms with Crippen molar-refractivity contribution in [2.45, 2.75) is 0 Å². The van der Waals surface area contributed by atoms with E-state index in [0.717, 1.165) is 0 Å². The summed E-state index contributed by atoms with van der Waals surface area (Å²) < 4.78 is 8.58. The first kappa shape index (κ1) is 17.9. The van der Waals surface area contributed by atoms with Gasteiger partial charge in [-0.05, 0) is 0 Å². The van der Waals surface area contributed by atoms with Crippen LogP contribution in [0.4, 0.5) is 9.59 Å². The minimum atomic E-state index is -1.83. The summed E-state index contributed by atoms with van der Waals surface area (Å²) in [7, 11) is 0. The van der Waals surface area contributed by atoms with Gasteiger partial charge < -0.3 is 19.7 Å². The molecule has 0 aromatic rings. The second-order valence-electron chi connectivity index (χ2n) is 1.23. The van der Waals surface area contributed by atoms with E-state index in [0.29, 0.717) is 13.2 Å². The first-order valence-electron chi connectivity index (χ1n) is 3.34. The summed E-state index contributed by atoms with van der Waals surface area (Å²) in [6.07, 6.45) is -2.38. The molecule has 2 N–H and O–H groups in total. The molecule has 6 heteroatoms. The van der Waals surface area contributed by atoms with E-state index in [2.05, 4.69) is 35.8 Å². The number of hydrogen-bond acceptors (Lipinski definition) is 4. The van der Waals surface area contributed by atoms with Crippen molar-refractivity contribution in [3.05, 3.63) is 26.3 Å². The zero-order chi connectivity index (χ0) is 12.0. The average molecular weight is 206 g/mol. The van der Waals surface area contributed by atoms with E-state index in [4.69, 9.17) is 15.0 Å². The highest BCUT2D eigenvalue weighted by Crippen LogP contribution is 1.92. The van der Waals surface area contributed by atoms with Crippen LogP contribution in [0.5, 0.6) is 0 Å². The van der Waals surface area contributed by atoms with Crippen LogP contribution in [0.1, 0.15) is 0 Å². The second kappa shape index (κ2) is 17.2. The molecule has 0 bridgehead atoms. The number of hydrogen-bond donors (Lipinski definition) is 2. The van der Waals surface area contributed by atoms with Crippen molar-refractivity contribution in [3.8, 4) is 0 Å². The standard InChI is InChI=1S/C3H4O3.2C2H4.CH2O3/c4-3-5-1-2-6-3;2*1-2;2-1(3)4/h1-2H2;2*1-2H2;(H2,2,3,4). The van der Waals surface area contributed by atoms with Crippen molar-refractivity contribution >= 4 is 12.3 Å². The monoisotopic (exact) mass is 206 g/mol. The predicted molar refractivity (Wildman–Crippen MR) is 50.5 cm³/mol. The van der Waals surface area contributed by atoms with Gasteiger partial charge in [0.25, 0.3) is 0 Å². The largest absolute Gasteiger partial charge is 0.508 e. The molecule has 0 radical (unpaired) electrons. The Hall–Kier alpha value is -1.98. The van der Waals surface area contributed by atoms with Gasteiger partial charge in [-0.15, -0.1) is 26.3 Å². The Morgan fingerprint density at radius 3 is 1.36 bits per heavy atom. The van der Waals surface area contributed by atoms with Crippen LogP contribution < -0.4 is 0 Å². The van der Waals surface area contributed by atoms with Gasteiger partial charge in [0.2, 0.25) is 0 Å². The molecule has 0 aliphatic carbocycles. The van der Waals surface area contributed by atoms with Gasteiger partial charge in [-0.2, -0.15) is 0 Å². The molecule has 82 valence electrons. The Labute approximate surface area is 82.1 Å². The Morgan fingerprint density at radius 1 is 1.07 bits per heavy atom. The lowest BCUT2D eigenvalue weighted by atomic mass is 10.8. The maximum atomic E-state index is 9.80. The number of cyclic esters (lactones) is 2. The third-order valence-electron chi connectivity index (χ3n) is 0.523. The van der Waals surface area contributed by atoms with E-state index in [1.807, 2.05) is 0 Å². The molecule has 0 saturated carbocycles. The van der Waals surface area contributed by atoms with Crippen molar-refractivity contribution < 1.29 is 29.3 Å². The SMILES string of the molecule is C=C.C=C.O=C(O)O.O=C1OCCO1. The maximum Gasteiger partial charge on any atom is 0.508 e. The van der Waals surface area contributed by atoms with Gasteiger partial charge in [0.05, 0.1) is 0 Å². The van der Waals surface area contributed by atoms with E-state index in [1.54, 1.807) is 0 Å². The molecule has 1 fully saturated rings. The highest BCUT2D eigenvalue weighted by molar-refractivity contribution is 5.61. The predicted octanol–water partition coefficient (Wildman–Crippen LogP) is 1.98. The van der Waals surface area contributed by atoms with Crippen LogP contribution in [0.25, 0.3) is 0 Å². The van der Waals surface area contributed by atoms with Gasteiger partial charge in [-0.3, -0.25) is 0 Å². The number of carbonyl (C=O) groups is 2. The van der Waals surface area contributed by atoms with Gasteiger partial charge >= 0.3 is 12.3 Å². The molecule has 0 spiro atoms. The van der Waals surface area contributed by atoms with E-state index in [-0.39, 0.29) is 0 Å². The first-order chi connectivity index (χ1) is 6.63. The molecule has 6 nitrogen and oxygen atoms in total. The highest BCUT2D eigenvalue weighted by Gasteiger charge is 2.09. The van der Waals surface area contributed by atoms with Crippen LogP contribution >= 0.6 is 0 Å². The normalized spacial score (nSPS) is 10.7. The Kier molecular flexibility index (Phi) is 22.0. The summed E-state index contributed by atoms with van der Waals surface area (Å²) in [6.45, 7) is 12.8. The summed E-state index contributed by atoms with van der Waals surface area (Å²) in [6, 6.07) is 0. The van der Waals surface area contributed by atoms with Crippen LogP contribution in [-0.4, -0.2) is 35.7 Å². The lowest BCUT2D eigenvalue weighted by Gasteiger charge is -1.78. The van der Waals surface area contributed by atoms with Gasteiger partial charge in [-0.1, -0.05) is 0 Å². The molecule has 1 heterocycles. The number of ether oxygens (including phenoxy) is 2. The third-order valence-corrected chi connectivity index (χ3v) is 0.523. The Balaban J connectivity index is -0.000000134. The summed E-state index contributed by atoms with van der Waals surface area (Å²) in [5, 5.41) is 13.9. The van der Waals surface area contributed by atoms with E-state index < -0.39 is 12.3 Å². The average Bonchev–Trinajstić information content (AvgIpc) is 2.62. The summed E-state index contributed by atoms with van der Waals surface area (Å²) in [5.41, 5.74) is 0. The summed E-state index contributed by atoms with van der Waals surface area (Å²) >= 11 is 0. The van der Waals surface area contributed by atoms with Gasteiger partial charge in [-0.25, -0.2) is 9.59 Å². The molecule has 0 aromatic heterocycles. The van der Waals surface area contributed by atoms with Crippen molar-refractivity contribution in [1.82, 2.24) is 0 Å². The van der Waals surface area contributed by atoms with E-state index >= 15 is 0 Å². The Bertz CT molecular complexity index is 142. The second-order valence-corrected chi connectivity index (χ2v) is 1.23. The van der Waals surface area contributed by atoms with Gasteiger partial charge in [0.1, 0.15) is 13.2 Å². The molecule has 0 aromatic carbocycles. The molecular formula is C8H14O6. The molecule has 0 amide bonds. The molecule has 0 atom stereocenters. The molecule has 1 rings (SSSR count). The maximum absolute atomic E-state index is 9.80. The lowest BCUT2D eigenvalue weighted by Crippen LogP contribution is -1.88. The Morgan fingerprint density at radius 2 is 1.29 bits per heavy atom. The molecule has 14 heavy (non-hydrogen) atoms. The van der Waals surface area contributed by atoms with Crippen LogP contribution in [0.3, 0.4) is 0 Å². The summed E-state index contributed by atoms with van der Waals surface area (Å²) in [5.74, 6) is 0. The zero-order valence-electron chi connectivity index (χ0n) is 7.77. The number of carboxylic acid groups (broad SMARTS) is 2. The van der Waals surface area contributed by atoms with Crippen molar-refractivity contribution in [3.63, 3.8) is 0 Å². The smallest absolute Gasteiger partial charge is 0.450 e. The molecule has 1 saturated heterocycles. The van der Waals surface area contributed by atoms with Crippen LogP contribution in [-0.2, 0) is 9.47 Å². The minimum absolute atomic E-state index is 0.416.